The van der Waals surface area contributed by atoms with Crippen molar-refractivity contribution >= 4 is 17.2 Å². The summed E-state index contributed by atoms with van der Waals surface area (Å²) >= 11 is 0. The van der Waals surface area contributed by atoms with E-state index in [1.165, 1.54) is 30.9 Å². The molecule has 4 nitrogen and oxygen atoms in total. The minimum atomic E-state index is -0.352. The van der Waals surface area contributed by atoms with Gasteiger partial charge in [-0.25, -0.2) is 4.79 Å². The van der Waals surface area contributed by atoms with Crippen LogP contribution >= 0.6 is 0 Å². The highest BCUT2D eigenvalue weighted by atomic mass is 16.5. The van der Waals surface area contributed by atoms with Gasteiger partial charge in [0.05, 0.1) is 7.11 Å². The molecule has 0 aliphatic carbocycles. The topological polar surface area (TPSA) is 42.4 Å². The Bertz CT molecular complexity index is 796. The van der Waals surface area contributed by atoms with Gasteiger partial charge in [-0.1, -0.05) is 6.07 Å². The van der Waals surface area contributed by atoms with Gasteiger partial charge in [0, 0.05) is 43.3 Å². The highest BCUT2D eigenvalue weighted by Crippen LogP contribution is 2.31. The molecule has 0 radical (unpaired) electrons. The van der Waals surface area contributed by atoms with Crippen molar-refractivity contribution in [2.24, 2.45) is 0 Å². The summed E-state index contributed by atoms with van der Waals surface area (Å²) in [6.45, 7) is 3.00. The average Bonchev–Trinajstić information content (AvgIpc) is 2.61. The summed E-state index contributed by atoms with van der Waals surface area (Å²) in [5.74, 6) is -0.352. The molecule has 0 saturated heterocycles. The minimum absolute atomic E-state index is 0.352. The lowest BCUT2D eigenvalue weighted by atomic mass is 9.96. The monoisotopic (exact) mass is 322 g/mol. The van der Waals surface area contributed by atoms with Crippen molar-refractivity contribution < 1.29 is 9.53 Å². The molecular formula is C20H22N2O2. The molecule has 0 saturated carbocycles. The largest absolute Gasteiger partial charge is 0.466 e. The Kier molecular flexibility index (Phi) is 4.65. The number of hydrogen-bond donors (Lipinski definition) is 0. The molecule has 124 valence electrons. The van der Waals surface area contributed by atoms with E-state index in [0.29, 0.717) is 0 Å². The highest BCUT2D eigenvalue weighted by Gasteiger charge is 2.14. The van der Waals surface area contributed by atoms with Gasteiger partial charge in [-0.2, -0.15) is 0 Å². The molecule has 4 heteroatoms. The molecule has 24 heavy (non-hydrogen) atoms. The molecule has 2 heterocycles. The standard InChI is InChI=1S/C20H22N2O2/c1-14(9-20(23)24-3)17-11-18(13-21-12-17)15-6-7-19-16(10-15)5-4-8-22(19)2/h6-7,9-13H,4-5,8H2,1-3H3/b14-9+. The van der Waals surface area contributed by atoms with Gasteiger partial charge >= 0.3 is 5.97 Å². The molecule has 1 aliphatic heterocycles. The Morgan fingerprint density at radius 3 is 2.88 bits per heavy atom. The summed E-state index contributed by atoms with van der Waals surface area (Å²) in [4.78, 5) is 18.1. The van der Waals surface area contributed by atoms with E-state index in [1.807, 2.05) is 13.1 Å². The van der Waals surface area contributed by atoms with Crippen LogP contribution in [0, 0.1) is 0 Å². The van der Waals surface area contributed by atoms with Crippen molar-refractivity contribution in [3.05, 3.63) is 53.9 Å². The van der Waals surface area contributed by atoms with Crippen LogP contribution < -0.4 is 4.90 Å². The number of pyridine rings is 1. The first-order valence-corrected chi connectivity index (χ1v) is 8.14. The first-order valence-electron chi connectivity index (χ1n) is 8.14. The van der Waals surface area contributed by atoms with E-state index in [4.69, 9.17) is 0 Å². The van der Waals surface area contributed by atoms with Crippen LogP contribution in [0.25, 0.3) is 16.7 Å². The van der Waals surface area contributed by atoms with Crippen molar-refractivity contribution in [2.45, 2.75) is 19.8 Å². The normalized spacial score (nSPS) is 14.3. The third-order valence-corrected chi connectivity index (χ3v) is 4.49. The molecule has 3 rings (SSSR count). The first-order chi connectivity index (χ1) is 11.6. The Labute approximate surface area is 142 Å². The van der Waals surface area contributed by atoms with Gasteiger partial charge in [0.25, 0.3) is 0 Å². The summed E-state index contributed by atoms with van der Waals surface area (Å²) in [6, 6.07) is 8.65. The average molecular weight is 322 g/mol. The second-order valence-corrected chi connectivity index (χ2v) is 6.18. The van der Waals surface area contributed by atoms with Crippen molar-refractivity contribution in [3.63, 3.8) is 0 Å². The van der Waals surface area contributed by atoms with Crippen molar-refractivity contribution in [1.29, 1.82) is 0 Å². The Hall–Kier alpha value is -2.62. The van der Waals surface area contributed by atoms with Gasteiger partial charge in [-0.15, -0.1) is 0 Å². The lowest BCUT2D eigenvalue weighted by Crippen LogP contribution is -2.24. The van der Waals surface area contributed by atoms with E-state index in [9.17, 15) is 4.79 Å². The van der Waals surface area contributed by atoms with E-state index in [2.05, 4.69) is 45.9 Å². The number of hydrogen-bond acceptors (Lipinski definition) is 4. The molecule has 0 spiro atoms. The van der Waals surface area contributed by atoms with E-state index >= 15 is 0 Å². The van der Waals surface area contributed by atoms with Crippen molar-refractivity contribution in [3.8, 4) is 11.1 Å². The number of rotatable bonds is 3. The van der Waals surface area contributed by atoms with Crippen LogP contribution in [0.1, 0.15) is 24.5 Å². The smallest absolute Gasteiger partial charge is 0.330 e. The number of esters is 1. The number of fused-ring (bicyclic) bond motifs is 1. The second-order valence-electron chi connectivity index (χ2n) is 6.18. The maximum Gasteiger partial charge on any atom is 0.330 e. The van der Waals surface area contributed by atoms with Crippen LogP contribution in [0.5, 0.6) is 0 Å². The zero-order chi connectivity index (χ0) is 17.1. The molecule has 0 amide bonds. The second kappa shape index (κ2) is 6.87. The molecule has 1 aliphatic rings. The predicted octanol–water partition coefficient (Wildman–Crippen LogP) is 3.71. The van der Waals surface area contributed by atoms with E-state index in [-0.39, 0.29) is 5.97 Å². The zero-order valence-corrected chi connectivity index (χ0v) is 14.4. The van der Waals surface area contributed by atoms with Gasteiger partial charge in [0.1, 0.15) is 0 Å². The molecular weight excluding hydrogens is 300 g/mol. The maximum absolute atomic E-state index is 11.4. The quantitative estimate of drug-likeness (QED) is 0.638. The number of carbonyl (C=O) groups excluding carboxylic acids is 1. The van der Waals surface area contributed by atoms with Crippen LogP contribution in [0.2, 0.25) is 0 Å². The summed E-state index contributed by atoms with van der Waals surface area (Å²) < 4.78 is 4.69. The minimum Gasteiger partial charge on any atom is -0.466 e. The molecule has 0 fully saturated rings. The molecule has 0 bridgehead atoms. The van der Waals surface area contributed by atoms with Gasteiger partial charge in [0.15, 0.2) is 0 Å². The fraction of sp³-hybridized carbons (Fsp3) is 0.300. The number of nitrogens with zero attached hydrogens (tertiary/aromatic N) is 2. The highest BCUT2D eigenvalue weighted by molar-refractivity contribution is 5.91. The molecule has 1 aromatic heterocycles. The molecule has 2 aromatic rings. The van der Waals surface area contributed by atoms with Gasteiger partial charge in [-0.05, 0) is 60.2 Å². The lowest BCUT2D eigenvalue weighted by Gasteiger charge is -2.27. The summed E-state index contributed by atoms with van der Waals surface area (Å²) in [5, 5.41) is 0. The number of methoxy groups -OCH3 is 1. The third-order valence-electron chi connectivity index (χ3n) is 4.49. The number of aryl methyl sites for hydroxylation is 1. The summed E-state index contributed by atoms with van der Waals surface area (Å²) in [7, 11) is 3.52. The number of aromatic nitrogens is 1. The van der Waals surface area contributed by atoms with Crippen LogP contribution in [-0.2, 0) is 16.0 Å². The Balaban J connectivity index is 1.95. The number of allylic oxidation sites excluding steroid dienone is 1. The summed E-state index contributed by atoms with van der Waals surface area (Å²) in [5.41, 5.74) is 6.68. The SMILES string of the molecule is COC(=O)/C=C(\C)c1cncc(-c2ccc3c(c2)CCCN3C)c1. The van der Waals surface area contributed by atoms with Crippen molar-refractivity contribution in [2.75, 3.05) is 25.6 Å². The molecule has 0 N–H and O–H groups in total. The van der Waals surface area contributed by atoms with E-state index in [0.717, 1.165) is 35.2 Å². The van der Waals surface area contributed by atoms with Gasteiger partial charge in [0.2, 0.25) is 0 Å². The number of anilines is 1. The Morgan fingerprint density at radius 1 is 1.25 bits per heavy atom. The van der Waals surface area contributed by atoms with Crippen LogP contribution in [0.15, 0.2) is 42.7 Å². The lowest BCUT2D eigenvalue weighted by molar-refractivity contribution is -0.134. The summed E-state index contributed by atoms with van der Waals surface area (Å²) in [6.07, 6.45) is 7.42. The first kappa shape index (κ1) is 16.2. The van der Waals surface area contributed by atoms with E-state index in [1.54, 1.807) is 6.20 Å². The van der Waals surface area contributed by atoms with E-state index < -0.39 is 0 Å². The van der Waals surface area contributed by atoms with Crippen LogP contribution in [-0.4, -0.2) is 31.7 Å². The van der Waals surface area contributed by atoms with Crippen LogP contribution in [0.3, 0.4) is 0 Å². The third kappa shape index (κ3) is 3.32. The Morgan fingerprint density at radius 2 is 2.08 bits per heavy atom. The number of carbonyl (C=O) groups is 1. The fourth-order valence-corrected chi connectivity index (χ4v) is 3.10. The number of ether oxygens (including phenoxy) is 1. The zero-order valence-electron chi connectivity index (χ0n) is 14.4. The van der Waals surface area contributed by atoms with Gasteiger partial charge in [-0.3, -0.25) is 4.98 Å². The maximum atomic E-state index is 11.4. The fourth-order valence-electron chi connectivity index (χ4n) is 3.10. The molecule has 0 unspecified atom stereocenters. The predicted molar refractivity (Wildman–Crippen MR) is 96.9 cm³/mol. The number of benzene rings is 1. The van der Waals surface area contributed by atoms with Crippen LogP contribution in [0.4, 0.5) is 5.69 Å². The van der Waals surface area contributed by atoms with Crippen molar-refractivity contribution in [1.82, 2.24) is 4.98 Å². The van der Waals surface area contributed by atoms with Gasteiger partial charge < -0.3 is 9.64 Å². The molecule has 0 atom stereocenters. The molecule has 1 aromatic carbocycles.